The van der Waals surface area contributed by atoms with E-state index in [1.54, 1.807) is 12.1 Å². The molecule has 1 aromatic rings. The minimum atomic E-state index is -0.163. The van der Waals surface area contributed by atoms with Gasteiger partial charge in [0.1, 0.15) is 5.82 Å². The Morgan fingerprint density at radius 2 is 2.33 bits per heavy atom. The van der Waals surface area contributed by atoms with Gasteiger partial charge in [-0.1, -0.05) is 13.0 Å². The smallest absolute Gasteiger partial charge is 0.123 e. The van der Waals surface area contributed by atoms with Crippen molar-refractivity contribution in [3.05, 3.63) is 35.1 Å². The van der Waals surface area contributed by atoms with Gasteiger partial charge in [0.15, 0.2) is 0 Å². The molecule has 0 amide bonds. The summed E-state index contributed by atoms with van der Waals surface area (Å²) in [5, 5.41) is 3.48. The van der Waals surface area contributed by atoms with Gasteiger partial charge >= 0.3 is 0 Å². The maximum atomic E-state index is 13.2. The van der Waals surface area contributed by atoms with Crippen LogP contribution in [-0.2, 0) is 4.74 Å². The SMILES string of the molecule is CCNC(CC1CCCO1)c1ccc(F)cc1C. The molecule has 1 aliphatic rings. The molecule has 100 valence electrons. The van der Waals surface area contributed by atoms with Crippen LogP contribution in [0.3, 0.4) is 0 Å². The predicted molar refractivity (Wildman–Crippen MR) is 71.1 cm³/mol. The average molecular weight is 251 g/mol. The summed E-state index contributed by atoms with van der Waals surface area (Å²) in [7, 11) is 0. The van der Waals surface area contributed by atoms with Crippen molar-refractivity contribution in [1.82, 2.24) is 5.32 Å². The first kappa shape index (κ1) is 13.5. The molecule has 0 aliphatic carbocycles. The van der Waals surface area contributed by atoms with Crippen molar-refractivity contribution in [2.45, 2.75) is 45.3 Å². The van der Waals surface area contributed by atoms with Gasteiger partial charge in [-0.3, -0.25) is 0 Å². The maximum Gasteiger partial charge on any atom is 0.123 e. The topological polar surface area (TPSA) is 21.3 Å². The van der Waals surface area contributed by atoms with Gasteiger partial charge in [-0.05, 0) is 56.0 Å². The van der Waals surface area contributed by atoms with Crippen LogP contribution in [0.15, 0.2) is 18.2 Å². The van der Waals surface area contributed by atoms with Crippen molar-refractivity contribution in [1.29, 1.82) is 0 Å². The summed E-state index contributed by atoms with van der Waals surface area (Å²) in [4.78, 5) is 0. The molecule has 2 atom stereocenters. The van der Waals surface area contributed by atoms with E-state index in [2.05, 4.69) is 12.2 Å². The molecule has 1 aliphatic heterocycles. The van der Waals surface area contributed by atoms with Crippen molar-refractivity contribution in [3.63, 3.8) is 0 Å². The minimum Gasteiger partial charge on any atom is -0.378 e. The van der Waals surface area contributed by atoms with Crippen molar-refractivity contribution in [3.8, 4) is 0 Å². The molecule has 3 heteroatoms. The fourth-order valence-corrected chi connectivity index (χ4v) is 2.69. The van der Waals surface area contributed by atoms with E-state index in [1.807, 2.05) is 13.0 Å². The molecule has 18 heavy (non-hydrogen) atoms. The molecular formula is C15H22FNO. The van der Waals surface area contributed by atoms with Crippen LogP contribution >= 0.6 is 0 Å². The van der Waals surface area contributed by atoms with Crippen molar-refractivity contribution >= 4 is 0 Å². The van der Waals surface area contributed by atoms with E-state index in [4.69, 9.17) is 4.74 Å². The van der Waals surface area contributed by atoms with Crippen LogP contribution < -0.4 is 5.32 Å². The zero-order chi connectivity index (χ0) is 13.0. The van der Waals surface area contributed by atoms with E-state index in [-0.39, 0.29) is 11.9 Å². The van der Waals surface area contributed by atoms with Gasteiger partial charge < -0.3 is 10.1 Å². The lowest BCUT2D eigenvalue weighted by atomic mass is 9.95. The summed E-state index contributed by atoms with van der Waals surface area (Å²) >= 11 is 0. The van der Waals surface area contributed by atoms with Crippen LogP contribution in [0.25, 0.3) is 0 Å². The summed E-state index contributed by atoms with van der Waals surface area (Å²) in [6.07, 6.45) is 3.62. The summed E-state index contributed by atoms with van der Waals surface area (Å²) < 4.78 is 18.9. The zero-order valence-corrected chi connectivity index (χ0v) is 11.2. The Morgan fingerprint density at radius 1 is 1.50 bits per heavy atom. The first-order valence-electron chi connectivity index (χ1n) is 6.81. The minimum absolute atomic E-state index is 0.163. The molecule has 2 rings (SSSR count). The lowest BCUT2D eigenvalue weighted by Gasteiger charge is -2.23. The molecule has 1 fully saturated rings. The molecule has 1 N–H and O–H groups in total. The monoisotopic (exact) mass is 251 g/mol. The summed E-state index contributed by atoms with van der Waals surface area (Å²) in [5.41, 5.74) is 2.20. The third-order valence-corrected chi connectivity index (χ3v) is 3.58. The van der Waals surface area contributed by atoms with E-state index < -0.39 is 0 Å². The molecule has 2 unspecified atom stereocenters. The quantitative estimate of drug-likeness (QED) is 0.866. The molecule has 0 spiro atoms. The van der Waals surface area contributed by atoms with Gasteiger partial charge in [0.05, 0.1) is 6.10 Å². The second-order valence-electron chi connectivity index (χ2n) is 4.98. The van der Waals surface area contributed by atoms with Crippen LogP contribution in [0.4, 0.5) is 4.39 Å². The van der Waals surface area contributed by atoms with Crippen molar-refractivity contribution < 1.29 is 9.13 Å². The second kappa shape index (κ2) is 6.30. The number of halogens is 1. The highest BCUT2D eigenvalue weighted by molar-refractivity contribution is 5.29. The molecule has 0 bridgehead atoms. The Balaban J connectivity index is 2.12. The van der Waals surface area contributed by atoms with Gasteiger partial charge in [-0.15, -0.1) is 0 Å². The lowest BCUT2D eigenvalue weighted by Crippen LogP contribution is -2.26. The van der Waals surface area contributed by atoms with E-state index >= 15 is 0 Å². The Hall–Kier alpha value is -0.930. The zero-order valence-electron chi connectivity index (χ0n) is 11.2. The Bertz CT molecular complexity index is 388. The van der Waals surface area contributed by atoms with Gasteiger partial charge in [0, 0.05) is 12.6 Å². The summed E-state index contributed by atoms with van der Waals surface area (Å²) in [5.74, 6) is -0.163. The number of hydrogen-bond donors (Lipinski definition) is 1. The van der Waals surface area contributed by atoms with Crippen molar-refractivity contribution in [2.75, 3.05) is 13.2 Å². The third kappa shape index (κ3) is 3.30. The second-order valence-corrected chi connectivity index (χ2v) is 4.98. The highest BCUT2D eigenvalue weighted by Crippen LogP contribution is 2.27. The first-order chi connectivity index (χ1) is 8.70. The average Bonchev–Trinajstić information content (AvgIpc) is 2.81. The highest BCUT2D eigenvalue weighted by atomic mass is 19.1. The fourth-order valence-electron chi connectivity index (χ4n) is 2.69. The molecule has 0 radical (unpaired) electrons. The maximum absolute atomic E-state index is 13.2. The summed E-state index contributed by atoms with van der Waals surface area (Å²) in [6, 6.07) is 5.31. The van der Waals surface area contributed by atoms with E-state index in [1.165, 1.54) is 5.56 Å². The predicted octanol–water partition coefficient (Wildman–Crippen LogP) is 3.35. The van der Waals surface area contributed by atoms with E-state index in [0.717, 1.165) is 38.0 Å². The molecule has 2 nitrogen and oxygen atoms in total. The molecule has 0 saturated carbocycles. The molecule has 0 aromatic heterocycles. The molecular weight excluding hydrogens is 229 g/mol. The molecule has 1 heterocycles. The Kier molecular flexibility index (Phi) is 4.72. The summed E-state index contributed by atoms with van der Waals surface area (Å²) in [6.45, 7) is 5.86. The van der Waals surface area contributed by atoms with E-state index in [0.29, 0.717) is 6.10 Å². The van der Waals surface area contributed by atoms with Gasteiger partial charge in [0.25, 0.3) is 0 Å². The molecule has 1 aromatic carbocycles. The number of hydrogen-bond acceptors (Lipinski definition) is 2. The van der Waals surface area contributed by atoms with Crippen LogP contribution in [-0.4, -0.2) is 19.3 Å². The molecule has 1 saturated heterocycles. The van der Waals surface area contributed by atoms with Crippen LogP contribution in [0.1, 0.15) is 43.4 Å². The highest BCUT2D eigenvalue weighted by Gasteiger charge is 2.22. The normalized spacial score (nSPS) is 21.2. The number of nitrogens with one attached hydrogen (secondary N) is 1. The first-order valence-corrected chi connectivity index (χ1v) is 6.81. The van der Waals surface area contributed by atoms with Gasteiger partial charge in [-0.25, -0.2) is 4.39 Å². The third-order valence-electron chi connectivity index (χ3n) is 3.58. The van der Waals surface area contributed by atoms with E-state index in [9.17, 15) is 4.39 Å². The Labute approximate surface area is 109 Å². The number of benzene rings is 1. The Morgan fingerprint density at radius 3 is 2.94 bits per heavy atom. The number of aryl methyl sites for hydroxylation is 1. The van der Waals surface area contributed by atoms with Gasteiger partial charge in [-0.2, -0.15) is 0 Å². The van der Waals surface area contributed by atoms with Crippen LogP contribution in [0.2, 0.25) is 0 Å². The van der Waals surface area contributed by atoms with Crippen LogP contribution in [0.5, 0.6) is 0 Å². The number of rotatable bonds is 5. The van der Waals surface area contributed by atoms with Gasteiger partial charge in [0.2, 0.25) is 0 Å². The largest absolute Gasteiger partial charge is 0.378 e. The van der Waals surface area contributed by atoms with Crippen molar-refractivity contribution in [2.24, 2.45) is 0 Å². The fraction of sp³-hybridized carbons (Fsp3) is 0.600. The van der Waals surface area contributed by atoms with Crippen LogP contribution in [0, 0.1) is 12.7 Å². The lowest BCUT2D eigenvalue weighted by molar-refractivity contribution is 0.0947. The standard InChI is InChI=1S/C15H22FNO/c1-3-17-15(10-13-5-4-8-18-13)14-7-6-12(16)9-11(14)2/h6-7,9,13,15,17H,3-5,8,10H2,1-2H3. The number of ether oxygens (including phenoxy) is 1.